The van der Waals surface area contributed by atoms with Crippen LogP contribution in [-0.2, 0) is 0 Å². The third-order valence-corrected chi connectivity index (χ3v) is 1.17. The van der Waals surface area contributed by atoms with E-state index in [0.717, 1.165) is 0 Å². The van der Waals surface area contributed by atoms with Crippen LogP contribution in [0.3, 0.4) is 0 Å². The first-order valence-corrected chi connectivity index (χ1v) is 3.03. The molecule has 0 bridgehead atoms. The minimum absolute atomic E-state index is 0.340. The Labute approximate surface area is 64.7 Å². The summed E-state index contributed by atoms with van der Waals surface area (Å²) >= 11 is 0. The van der Waals surface area contributed by atoms with Crippen LogP contribution in [0.15, 0.2) is 6.20 Å². The summed E-state index contributed by atoms with van der Waals surface area (Å²) in [5, 5.41) is 0. The van der Waals surface area contributed by atoms with Crippen LogP contribution in [-0.4, -0.2) is 17.1 Å². The third kappa shape index (κ3) is 1.44. The molecule has 0 saturated heterocycles. The number of rotatable bonds is 1. The molecule has 0 aliphatic carbocycles. The zero-order chi connectivity index (χ0) is 8.27. The maximum absolute atomic E-state index is 6.72. The molecule has 0 amide bonds. The van der Waals surface area contributed by atoms with Gasteiger partial charge in [0.05, 0.1) is 13.7 Å². The van der Waals surface area contributed by atoms with Crippen molar-refractivity contribution in [2.24, 2.45) is 0 Å². The molecule has 0 atom stereocenters. The SMILES string of the molecule is [C-]#[N+]c1cnc(C)nc1OC. The van der Waals surface area contributed by atoms with E-state index in [0.29, 0.717) is 17.4 Å². The van der Waals surface area contributed by atoms with Crippen molar-refractivity contribution in [2.75, 3.05) is 7.11 Å². The molecule has 1 aromatic rings. The van der Waals surface area contributed by atoms with Gasteiger partial charge in [-0.1, -0.05) is 0 Å². The number of hydrogen-bond donors (Lipinski definition) is 0. The molecule has 0 fully saturated rings. The zero-order valence-corrected chi connectivity index (χ0v) is 6.33. The van der Waals surface area contributed by atoms with Crippen LogP contribution in [0, 0.1) is 13.5 Å². The number of nitrogens with zero attached hydrogens (tertiary/aromatic N) is 3. The third-order valence-electron chi connectivity index (χ3n) is 1.17. The number of methoxy groups -OCH3 is 1. The highest BCUT2D eigenvalue weighted by Gasteiger charge is 2.03. The van der Waals surface area contributed by atoms with Gasteiger partial charge >= 0.3 is 0 Å². The molecule has 1 heterocycles. The number of hydrogen-bond acceptors (Lipinski definition) is 3. The van der Waals surface area contributed by atoms with Crippen molar-refractivity contribution in [1.29, 1.82) is 0 Å². The zero-order valence-electron chi connectivity index (χ0n) is 6.33. The Kier molecular flexibility index (Phi) is 2.02. The molecule has 1 aromatic heterocycles. The molecule has 0 aliphatic rings. The van der Waals surface area contributed by atoms with Crippen molar-refractivity contribution in [1.82, 2.24) is 9.97 Å². The van der Waals surface area contributed by atoms with Crippen LogP contribution in [0.4, 0.5) is 5.69 Å². The number of aromatic nitrogens is 2. The van der Waals surface area contributed by atoms with Gasteiger partial charge in [-0.3, -0.25) is 4.98 Å². The van der Waals surface area contributed by atoms with Gasteiger partial charge in [0.15, 0.2) is 0 Å². The van der Waals surface area contributed by atoms with Crippen LogP contribution in [0.5, 0.6) is 5.88 Å². The van der Waals surface area contributed by atoms with Gasteiger partial charge in [-0.05, 0) is 6.92 Å². The summed E-state index contributed by atoms with van der Waals surface area (Å²) in [5.74, 6) is 0.946. The van der Waals surface area contributed by atoms with Crippen LogP contribution >= 0.6 is 0 Å². The van der Waals surface area contributed by atoms with Crippen molar-refractivity contribution in [3.63, 3.8) is 0 Å². The molecule has 0 spiro atoms. The van der Waals surface area contributed by atoms with Crippen LogP contribution < -0.4 is 4.74 Å². The Morgan fingerprint density at radius 1 is 1.64 bits per heavy atom. The van der Waals surface area contributed by atoms with Crippen LogP contribution in [0.25, 0.3) is 4.85 Å². The fraction of sp³-hybridized carbons (Fsp3) is 0.286. The molecule has 0 N–H and O–H groups in total. The molecular weight excluding hydrogens is 142 g/mol. The van der Waals surface area contributed by atoms with Crippen LogP contribution in [0.1, 0.15) is 5.82 Å². The smallest absolute Gasteiger partial charge is 0.264 e. The predicted octanol–water partition coefficient (Wildman–Crippen LogP) is 1.34. The lowest BCUT2D eigenvalue weighted by Gasteiger charge is -2.00. The minimum atomic E-state index is 0.340. The fourth-order valence-corrected chi connectivity index (χ4v) is 0.670. The molecule has 0 aromatic carbocycles. The fourth-order valence-electron chi connectivity index (χ4n) is 0.670. The van der Waals surface area contributed by atoms with E-state index in [1.54, 1.807) is 6.92 Å². The molecule has 0 saturated carbocycles. The Morgan fingerprint density at radius 2 is 2.36 bits per heavy atom. The van der Waals surface area contributed by atoms with Crippen molar-refractivity contribution in [2.45, 2.75) is 6.92 Å². The molecule has 4 nitrogen and oxygen atoms in total. The largest absolute Gasteiger partial charge is 0.490 e. The number of aryl methyl sites for hydroxylation is 1. The van der Waals surface area contributed by atoms with Gasteiger partial charge in [0.25, 0.3) is 5.69 Å². The maximum Gasteiger partial charge on any atom is 0.264 e. The van der Waals surface area contributed by atoms with Crippen molar-refractivity contribution >= 4 is 5.69 Å². The first-order valence-electron chi connectivity index (χ1n) is 3.03. The second-order valence-corrected chi connectivity index (χ2v) is 1.92. The van der Waals surface area contributed by atoms with Gasteiger partial charge in [-0.2, -0.15) is 0 Å². The summed E-state index contributed by atoms with van der Waals surface area (Å²) in [6, 6.07) is 0. The molecule has 11 heavy (non-hydrogen) atoms. The normalized spacial score (nSPS) is 8.82. The molecule has 0 unspecified atom stereocenters. The Hall–Kier alpha value is -1.63. The summed E-state index contributed by atoms with van der Waals surface area (Å²) < 4.78 is 4.85. The highest BCUT2D eigenvalue weighted by Crippen LogP contribution is 2.22. The summed E-state index contributed by atoms with van der Waals surface area (Å²) in [7, 11) is 1.48. The lowest BCUT2D eigenvalue weighted by atomic mass is 10.5. The van der Waals surface area contributed by atoms with Crippen molar-refractivity contribution in [3.05, 3.63) is 23.4 Å². The molecule has 4 heteroatoms. The standard InChI is InChI=1S/C7H7N3O/c1-5-9-4-6(8-2)7(10-5)11-3/h4H,1,3H3. The van der Waals surface area contributed by atoms with E-state index < -0.39 is 0 Å². The Bertz CT molecular complexity index is 303. The van der Waals surface area contributed by atoms with Crippen molar-refractivity contribution < 1.29 is 4.74 Å². The van der Waals surface area contributed by atoms with Crippen molar-refractivity contribution in [3.8, 4) is 5.88 Å². The Morgan fingerprint density at radius 3 is 2.91 bits per heavy atom. The lowest BCUT2D eigenvalue weighted by Crippen LogP contribution is -1.91. The topological polar surface area (TPSA) is 39.4 Å². The second kappa shape index (κ2) is 2.97. The summed E-state index contributed by atoms with van der Waals surface area (Å²) in [6.07, 6.45) is 1.45. The van der Waals surface area contributed by atoms with Crippen LogP contribution in [0.2, 0.25) is 0 Å². The van der Waals surface area contributed by atoms with E-state index in [9.17, 15) is 0 Å². The second-order valence-electron chi connectivity index (χ2n) is 1.92. The summed E-state index contributed by atoms with van der Waals surface area (Å²) in [5.41, 5.74) is 0.345. The monoisotopic (exact) mass is 149 g/mol. The van der Waals surface area contributed by atoms with E-state index in [1.165, 1.54) is 13.3 Å². The van der Waals surface area contributed by atoms with Gasteiger partial charge in [0.2, 0.25) is 5.88 Å². The van der Waals surface area contributed by atoms with Gasteiger partial charge < -0.3 is 4.74 Å². The molecule has 0 aliphatic heterocycles. The lowest BCUT2D eigenvalue weighted by molar-refractivity contribution is 0.398. The minimum Gasteiger partial charge on any atom is -0.490 e. The molecular formula is C7H7N3O. The average Bonchev–Trinajstić information content (AvgIpc) is 2.04. The van der Waals surface area contributed by atoms with Gasteiger partial charge in [0.1, 0.15) is 5.82 Å². The molecule has 0 radical (unpaired) electrons. The molecule has 1 rings (SSSR count). The van der Waals surface area contributed by atoms with Gasteiger partial charge in [-0.15, -0.1) is 0 Å². The first-order chi connectivity index (χ1) is 5.27. The van der Waals surface area contributed by atoms with E-state index in [1.807, 2.05) is 0 Å². The highest BCUT2D eigenvalue weighted by molar-refractivity contribution is 5.51. The van der Waals surface area contributed by atoms with E-state index >= 15 is 0 Å². The maximum atomic E-state index is 6.72. The van der Waals surface area contributed by atoms with E-state index in [2.05, 4.69) is 14.8 Å². The number of ether oxygens (including phenoxy) is 1. The van der Waals surface area contributed by atoms with Gasteiger partial charge in [0, 0.05) is 6.20 Å². The average molecular weight is 149 g/mol. The van der Waals surface area contributed by atoms with Gasteiger partial charge in [-0.25, -0.2) is 9.83 Å². The molecule has 56 valence electrons. The summed E-state index contributed by atoms with van der Waals surface area (Å²) in [6.45, 7) is 8.47. The summed E-state index contributed by atoms with van der Waals surface area (Å²) in [4.78, 5) is 11.0. The predicted molar refractivity (Wildman–Crippen MR) is 39.6 cm³/mol. The van der Waals surface area contributed by atoms with E-state index in [4.69, 9.17) is 11.3 Å². The Balaban J connectivity index is 3.19. The van der Waals surface area contributed by atoms with E-state index in [-0.39, 0.29) is 0 Å². The highest BCUT2D eigenvalue weighted by atomic mass is 16.5. The first kappa shape index (κ1) is 7.48. The quantitative estimate of drug-likeness (QED) is 0.565.